The van der Waals surface area contributed by atoms with Crippen LogP contribution in [0.5, 0.6) is 0 Å². The molecule has 0 aromatic heterocycles. The molecule has 0 fully saturated rings. The first kappa shape index (κ1) is 15.0. The Kier molecular flexibility index (Phi) is 4.25. The quantitative estimate of drug-likeness (QED) is 0.932. The molecule has 0 radical (unpaired) electrons. The zero-order valence-electron chi connectivity index (χ0n) is 12.4. The van der Waals surface area contributed by atoms with Crippen LogP contribution in [0.15, 0.2) is 36.4 Å². The van der Waals surface area contributed by atoms with Crippen LogP contribution in [0.4, 0.5) is 15.8 Å². The summed E-state index contributed by atoms with van der Waals surface area (Å²) in [5.74, 6) is -0.251. The van der Waals surface area contributed by atoms with Crippen LogP contribution in [0.3, 0.4) is 0 Å². The number of anilines is 2. The van der Waals surface area contributed by atoms with Crippen molar-refractivity contribution in [2.45, 2.75) is 19.9 Å². The first-order valence-electron chi connectivity index (χ1n) is 6.73. The van der Waals surface area contributed by atoms with Crippen LogP contribution >= 0.6 is 0 Å². The minimum absolute atomic E-state index is 0.251. The fraction of sp³-hybridized carbons (Fsp3) is 0.235. The maximum Gasteiger partial charge on any atom is 0.126 e. The number of halogens is 1. The Morgan fingerprint density at radius 2 is 1.86 bits per heavy atom. The summed E-state index contributed by atoms with van der Waals surface area (Å²) in [4.78, 5) is 1.95. The molecule has 3 nitrogen and oxygen atoms in total. The van der Waals surface area contributed by atoms with Crippen molar-refractivity contribution in [3.63, 3.8) is 0 Å². The normalized spacial score (nSPS) is 11.8. The topological polar surface area (TPSA) is 53.0 Å². The average molecular weight is 283 g/mol. The summed E-state index contributed by atoms with van der Waals surface area (Å²) in [6.07, 6.45) is 0. The highest BCUT2D eigenvalue weighted by molar-refractivity contribution is 5.67. The summed E-state index contributed by atoms with van der Waals surface area (Å²) in [5, 5.41) is 8.85. The highest BCUT2D eigenvalue weighted by Crippen LogP contribution is 2.32. The van der Waals surface area contributed by atoms with E-state index in [-0.39, 0.29) is 11.9 Å². The molecule has 0 heterocycles. The van der Waals surface area contributed by atoms with Gasteiger partial charge in [0, 0.05) is 24.5 Å². The van der Waals surface area contributed by atoms with E-state index in [1.807, 2.05) is 31.0 Å². The zero-order chi connectivity index (χ0) is 15.6. The van der Waals surface area contributed by atoms with Gasteiger partial charge in [-0.25, -0.2) is 4.39 Å². The maximum absolute atomic E-state index is 13.8. The number of nitriles is 1. The highest BCUT2D eigenvalue weighted by atomic mass is 19.1. The van der Waals surface area contributed by atoms with E-state index in [0.29, 0.717) is 11.1 Å². The van der Waals surface area contributed by atoms with E-state index in [1.165, 1.54) is 6.07 Å². The highest BCUT2D eigenvalue weighted by Gasteiger charge is 2.15. The molecule has 21 heavy (non-hydrogen) atoms. The molecule has 108 valence electrons. The van der Waals surface area contributed by atoms with Gasteiger partial charge in [-0.1, -0.05) is 0 Å². The van der Waals surface area contributed by atoms with Gasteiger partial charge in [0.25, 0.3) is 0 Å². The van der Waals surface area contributed by atoms with E-state index in [9.17, 15) is 4.39 Å². The van der Waals surface area contributed by atoms with Crippen LogP contribution in [0, 0.1) is 24.1 Å². The van der Waals surface area contributed by atoms with E-state index in [1.54, 1.807) is 25.1 Å². The molecule has 2 N–H and O–H groups in total. The molecule has 2 rings (SSSR count). The molecule has 0 aliphatic rings. The second kappa shape index (κ2) is 5.94. The summed E-state index contributed by atoms with van der Waals surface area (Å²) in [7, 11) is 1.90. The predicted octanol–water partition coefficient (Wildman–Crippen LogP) is 3.79. The van der Waals surface area contributed by atoms with Gasteiger partial charge in [0.05, 0.1) is 11.6 Å². The Morgan fingerprint density at radius 3 is 2.38 bits per heavy atom. The summed E-state index contributed by atoms with van der Waals surface area (Å²) in [6.45, 7) is 3.57. The number of hydrogen-bond acceptors (Lipinski definition) is 3. The summed E-state index contributed by atoms with van der Waals surface area (Å²) >= 11 is 0. The fourth-order valence-electron chi connectivity index (χ4n) is 2.24. The van der Waals surface area contributed by atoms with Crippen molar-refractivity contribution in [2.24, 2.45) is 5.73 Å². The van der Waals surface area contributed by atoms with Crippen molar-refractivity contribution >= 4 is 11.4 Å². The maximum atomic E-state index is 13.8. The minimum atomic E-state index is -0.268. The van der Waals surface area contributed by atoms with Gasteiger partial charge in [-0.3, -0.25) is 0 Å². The Labute approximate surface area is 124 Å². The van der Waals surface area contributed by atoms with Gasteiger partial charge >= 0.3 is 0 Å². The van der Waals surface area contributed by atoms with Gasteiger partial charge in [-0.15, -0.1) is 0 Å². The number of hydrogen-bond donors (Lipinski definition) is 1. The smallest absolute Gasteiger partial charge is 0.126 e. The van der Waals surface area contributed by atoms with E-state index >= 15 is 0 Å². The molecule has 0 aliphatic carbocycles. The molecule has 0 saturated heterocycles. The van der Waals surface area contributed by atoms with Crippen molar-refractivity contribution in [2.75, 3.05) is 11.9 Å². The van der Waals surface area contributed by atoms with E-state index in [2.05, 4.69) is 6.07 Å². The lowest BCUT2D eigenvalue weighted by molar-refractivity contribution is 0.613. The molecule has 0 saturated carbocycles. The van der Waals surface area contributed by atoms with Crippen LogP contribution in [-0.2, 0) is 0 Å². The Bertz CT molecular complexity index is 684. The monoisotopic (exact) mass is 283 g/mol. The first-order valence-corrected chi connectivity index (χ1v) is 6.73. The van der Waals surface area contributed by atoms with Crippen LogP contribution in [0.1, 0.15) is 29.7 Å². The molecule has 4 heteroatoms. The lowest BCUT2D eigenvalue weighted by Crippen LogP contribution is -2.16. The molecule has 1 atom stereocenters. The summed E-state index contributed by atoms with van der Waals surface area (Å²) in [6, 6.07) is 12.4. The molecular weight excluding hydrogens is 265 g/mol. The molecule has 1 unspecified atom stereocenters. The molecule has 2 aromatic carbocycles. The molecular formula is C17H18FN3. The van der Waals surface area contributed by atoms with Crippen molar-refractivity contribution in [3.8, 4) is 6.07 Å². The number of nitrogens with two attached hydrogens (primary N) is 1. The zero-order valence-corrected chi connectivity index (χ0v) is 12.4. The summed E-state index contributed by atoms with van der Waals surface area (Å²) in [5.41, 5.74) is 9.69. The average Bonchev–Trinajstić information content (AvgIpc) is 2.48. The third-order valence-corrected chi connectivity index (χ3v) is 3.54. The van der Waals surface area contributed by atoms with Gasteiger partial charge in [-0.2, -0.15) is 5.26 Å². The minimum Gasteiger partial charge on any atom is -0.344 e. The van der Waals surface area contributed by atoms with Gasteiger partial charge in [-0.05, 0) is 61.4 Å². The molecule has 0 bridgehead atoms. The lowest BCUT2D eigenvalue weighted by atomic mass is 10.0. The standard InChI is InChI=1S/C17H18FN3/c1-11-8-17(15(12(2)20)9-16(11)18)21(3)14-6-4-13(10-19)5-7-14/h4-9,12H,20H2,1-3H3. The van der Waals surface area contributed by atoms with Crippen LogP contribution < -0.4 is 10.6 Å². The Balaban J connectivity index is 2.49. The number of aryl methyl sites for hydroxylation is 1. The molecule has 0 aliphatic heterocycles. The van der Waals surface area contributed by atoms with Crippen LogP contribution in [0.2, 0.25) is 0 Å². The molecule has 2 aromatic rings. The van der Waals surface area contributed by atoms with Gasteiger partial charge in [0.1, 0.15) is 5.82 Å². The van der Waals surface area contributed by atoms with Crippen molar-refractivity contribution in [1.29, 1.82) is 5.26 Å². The predicted molar refractivity (Wildman–Crippen MR) is 83.0 cm³/mol. The van der Waals surface area contributed by atoms with Crippen LogP contribution in [0.25, 0.3) is 0 Å². The Hall–Kier alpha value is -2.38. The largest absolute Gasteiger partial charge is 0.344 e. The third-order valence-electron chi connectivity index (χ3n) is 3.54. The van der Waals surface area contributed by atoms with E-state index in [0.717, 1.165) is 16.9 Å². The van der Waals surface area contributed by atoms with Crippen molar-refractivity contribution in [3.05, 3.63) is 58.9 Å². The van der Waals surface area contributed by atoms with Crippen molar-refractivity contribution < 1.29 is 4.39 Å². The van der Waals surface area contributed by atoms with Crippen LogP contribution in [-0.4, -0.2) is 7.05 Å². The molecule has 0 amide bonds. The second-order valence-corrected chi connectivity index (χ2v) is 5.17. The van der Waals surface area contributed by atoms with E-state index in [4.69, 9.17) is 11.0 Å². The Morgan fingerprint density at radius 1 is 1.24 bits per heavy atom. The van der Waals surface area contributed by atoms with Gasteiger partial charge in [0.15, 0.2) is 0 Å². The third kappa shape index (κ3) is 3.04. The number of nitrogens with zero attached hydrogens (tertiary/aromatic N) is 2. The van der Waals surface area contributed by atoms with Crippen molar-refractivity contribution in [1.82, 2.24) is 0 Å². The number of benzene rings is 2. The van der Waals surface area contributed by atoms with Gasteiger partial charge in [0.2, 0.25) is 0 Å². The SMILES string of the molecule is Cc1cc(N(C)c2ccc(C#N)cc2)c(C(C)N)cc1F. The second-order valence-electron chi connectivity index (χ2n) is 5.17. The fourth-order valence-corrected chi connectivity index (χ4v) is 2.24. The summed E-state index contributed by atoms with van der Waals surface area (Å²) < 4.78 is 13.8. The lowest BCUT2D eigenvalue weighted by Gasteiger charge is -2.25. The number of rotatable bonds is 3. The van der Waals surface area contributed by atoms with E-state index < -0.39 is 0 Å². The van der Waals surface area contributed by atoms with Gasteiger partial charge < -0.3 is 10.6 Å². The molecule has 0 spiro atoms. The first-order chi connectivity index (χ1) is 9.93.